The zero-order valence-corrected chi connectivity index (χ0v) is 21.9. The quantitative estimate of drug-likeness (QED) is 0.515. The van der Waals surface area contributed by atoms with Crippen LogP contribution in [0.5, 0.6) is 0 Å². The largest absolute Gasteiger partial charge is 0.371 e. The smallest absolute Gasteiger partial charge is 0.317 e. The molecule has 0 radical (unpaired) electrons. The van der Waals surface area contributed by atoms with Crippen molar-refractivity contribution >= 4 is 43.9 Å². The molecule has 2 fully saturated rings. The molecule has 0 saturated carbocycles. The highest BCUT2D eigenvalue weighted by Gasteiger charge is 2.34. The van der Waals surface area contributed by atoms with Gasteiger partial charge in [0.2, 0.25) is 0 Å². The lowest BCUT2D eigenvalue weighted by Gasteiger charge is -2.35. The van der Waals surface area contributed by atoms with E-state index in [1.54, 1.807) is 29.2 Å². The number of carbonyl (C=O) groups excluding carboxylic acids is 1. The van der Waals surface area contributed by atoms with Gasteiger partial charge in [-0.05, 0) is 79.8 Å². The Morgan fingerprint density at radius 1 is 1.03 bits per heavy atom. The molecule has 0 aliphatic carbocycles. The first-order valence-electron chi connectivity index (χ1n) is 12.5. The fraction of sp³-hybridized carbons (Fsp3) is 0.407. The van der Waals surface area contributed by atoms with E-state index < -0.39 is 9.84 Å². The molecule has 1 aromatic heterocycles. The summed E-state index contributed by atoms with van der Waals surface area (Å²) >= 11 is 6.05. The number of sulfone groups is 1. The molecule has 1 atom stereocenters. The molecule has 3 aromatic rings. The number of anilines is 1. The van der Waals surface area contributed by atoms with Crippen molar-refractivity contribution in [1.29, 1.82) is 0 Å². The topological polar surface area (TPSA) is 82.6 Å². The average molecular weight is 527 g/mol. The Hall–Kier alpha value is -2.84. The van der Waals surface area contributed by atoms with Crippen molar-refractivity contribution in [2.24, 2.45) is 0 Å². The molecular formula is C27H31ClN4O3S. The Bertz CT molecular complexity index is 1370. The summed E-state index contributed by atoms with van der Waals surface area (Å²) in [5.41, 5.74) is 2.15. The van der Waals surface area contributed by atoms with Crippen molar-refractivity contribution in [3.8, 4) is 0 Å². The van der Waals surface area contributed by atoms with E-state index in [1.165, 1.54) is 0 Å². The molecule has 2 amide bonds. The van der Waals surface area contributed by atoms with Crippen LogP contribution in [0.4, 0.5) is 10.5 Å². The lowest BCUT2D eigenvalue weighted by molar-refractivity contribution is 0.190. The maximum absolute atomic E-state index is 13.3. The van der Waals surface area contributed by atoms with Crippen molar-refractivity contribution in [2.45, 2.75) is 49.6 Å². The second-order valence-electron chi connectivity index (χ2n) is 9.79. The first kappa shape index (κ1) is 24.8. The van der Waals surface area contributed by atoms with Crippen LogP contribution < -0.4 is 10.2 Å². The number of piperidine rings is 1. The maximum atomic E-state index is 13.3. The molecule has 36 heavy (non-hydrogen) atoms. The third-order valence-electron chi connectivity index (χ3n) is 7.25. The summed E-state index contributed by atoms with van der Waals surface area (Å²) in [6, 6.07) is 14.2. The number of halogens is 1. The number of aryl methyl sites for hydroxylation is 1. The fourth-order valence-electron chi connectivity index (χ4n) is 5.28. The Morgan fingerprint density at radius 3 is 2.56 bits per heavy atom. The van der Waals surface area contributed by atoms with Crippen LogP contribution in [0, 0.1) is 6.92 Å². The summed E-state index contributed by atoms with van der Waals surface area (Å²) in [5, 5.41) is 5.51. The van der Waals surface area contributed by atoms with Crippen LogP contribution in [0.1, 0.15) is 31.4 Å². The van der Waals surface area contributed by atoms with Gasteiger partial charge in [-0.1, -0.05) is 23.7 Å². The van der Waals surface area contributed by atoms with Crippen molar-refractivity contribution in [3.05, 3.63) is 65.4 Å². The van der Waals surface area contributed by atoms with Gasteiger partial charge in [-0.15, -0.1) is 0 Å². The van der Waals surface area contributed by atoms with E-state index in [0.717, 1.165) is 54.5 Å². The molecular weight excluding hydrogens is 496 g/mol. The minimum Gasteiger partial charge on any atom is -0.371 e. The van der Waals surface area contributed by atoms with E-state index in [1.807, 2.05) is 31.3 Å². The molecule has 2 aliphatic rings. The van der Waals surface area contributed by atoms with Crippen LogP contribution in [0.2, 0.25) is 5.02 Å². The van der Waals surface area contributed by atoms with Gasteiger partial charge < -0.3 is 15.1 Å². The number of carbonyl (C=O) groups is 1. The van der Waals surface area contributed by atoms with Gasteiger partial charge in [0.05, 0.1) is 10.6 Å². The molecule has 9 heteroatoms. The van der Waals surface area contributed by atoms with Gasteiger partial charge >= 0.3 is 6.03 Å². The molecule has 1 N–H and O–H groups in total. The maximum Gasteiger partial charge on any atom is 0.317 e. The monoisotopic (exact) mass is 526 g/mol. The zero-order chi connectivity index (χ0) is 25.3. The number of hydrogen-bond acceptors (Lipinski definition) is 5. The number of benzene rings is 2. The van der Waals surface area contributed by atoms with E-state index in [4.69, 9.17) is 11.6 Å². The number of urea groups is 1. The number of rotatable bonds is 5. The summed E-state index contributed by atoms with van der Waals surface area (Å²) < 4.78 is 26.5. The molecule has 0 unspecified atom stereocenters. The van der Waals surface area contributed by atoms with E-state index in [0.29, 0.717) is 18.0 Å². The van der Waals surface area contributed by atoms with Crippen molar-refractivity contribution in [1.82, 2.24) is 15.2 Å². The summed E-state index contributed by atoms with van der Waals surface area (Å²) in [4.78, 5) is 21.7. The number of hydrogen-bond donors (Lipinski definition) is 1. The predicted molar refractivity (Wildman–Crippen MR) is 143 cm³/mol. The molecule has 5 rings (SSSR count). The van der Waals surface area contributed by atoms with E-state index in [9.17, 15) is 13.2 Å². The van der Waals surface area contributed by atoms with Crippen molar-refractivity contribution in [3.63, 3.8) is 0 Å². The Balaban J connectivity index is 1.20. The number of fused-ring (bicyclic) bond motifs is 1. The third-order valence-corrected chi connectivity index (χ3v) is 9.28. The van der Waals surface area contributed by atoms with Crippen LogP contribution in [0.3, 0.4) is 0 Å². The Labute approximate surface area is 217 Å². The van der Waals surface area contributed by atoms with Gasteiger partial charge in [0.15, 0.2) is 9.84 Å². The SMILES string of the molecule is Cc1cc(N2CCC(NC(=O)N3CCC[C@H]3CS(=O)(=O)c3ccc4cc(Cl)ccc4c3)CC2)ccn1. The highest BCUT2D eigenvalue weighted by atomic mass is 35.5. The van der Waals surface area contributed by atoms with E-state index >= 15 is 0 Å². The van der Waals surface area contributed by atoms with Gasteiger partial charge in [-0.3, -0.25) is 4.98 Å². The van der Waals surface area contributed by atoms with Gasteiger partial charge in [-0.25, -0.2) is 13.2 Å². The van der Waals surface area contributed by atoms with Crippen LogP contribution in [0.15, 0.2) is 59.6 Å². The number of likely N-dealkylation sites (tertiary alicyclic amines) is 1. The second-order valence-corrected chi connectivity index (χ2v) is 12.3. The zero-order valence-electron chi connectivity index (χ0n) is 20.4. The normalized spacial score (nSPS) is 19.1. The van der Waals surface area contributed by atoms with Crippen LogP contribution in [-0.4, -0.2) is 61.8 Å². The van der Waals surface area contributed by atoms with Crippen LogP contribution in [0.25, 0.3) is 10.8 Å². The molecule has 0 spiro atoms. The lowest BCUT2D eigenvalue weighted by atomic mass is 10.0. The van der Waals surface area contributed by atoms with Gasteiger partial charge in [-0.2, -0.15) is 0 Å². The molecule has 7 nitrogen and oxygen atoms in total. The average Bonchev–Trinajstić information content (AvgIpc) is 3.31. The summed E-state index contributed by atoms with van der Waals surface area (Å²) in [6.07, 6.45) is 5.03. The minimum atomic E-state index is -3.55. The van der Waals surface area contributed by atoms with Gasteiger partial charge in [0.25, 0.3) is 0 Å². The van der Waals surface area contributed by atoms with Crippen LogP contribution in [-0.2, 0) is 9.84 Å². The van der Waals surface area contributed by atoms with E-state index in [-0.39, 0.29) is 28.8 Å². The van der Waals surface area contributed by atoms with Crippen molar-refractivity contribution < 1.29 is 13.2 Å². The fourth-order valence-corrected chi connectivity index (χ4v) is 7.09. The predicted octanol–water partition coefficient (Wildman–Crippen LogP) is 4.81. The minimum absolute atomic E-state index is 0.0701. The number of pyridine rings is 1. The molecule has 2 aromatic carbocycles. The molecule has 3 heterocycles. The molecule has 190 valence electrons. The van der Waals surface area contributed by atoms with Crippen molar-refractivity contribution in [2.75, 3.05) is 30.3 Å². The highest BCUT2D eigenvalue weighted by molar-refractivity contribution is 7.91. The standard InChI is InChI=1S/C27H31ClN4O3S/c1-19-15-24(8-11-29-19)31-13-9-23(10-14-31)30-27(33)32-12-2-3-25(32)18-36(34,35)26-7-5-20-16-22(28)6-4-21(20)17-26/h4-8,11,15-17,23,25H,2-3,9-10,12-14,18H2,1H3,(H,30,33)/t25-/m0/s1. The first-order valence-corrected chi connectivity index (χ1v) is 14.5. The Kier molecular flexibility index (Phi) is 7.08. The Morgan fingerprint density at radius 2 is 1.78 bits per heavy atom. The number of nitrogens with zero attached hydrogens (tertiary/aromatic N) is 3. The lowest BCUT2D eigenvalue weighted by Crippen LogP contribution is -2.51. The highest BCUT2D eigenvalue weighted by Crippen LogP contribution is 2.27. The van der Waals surface area contributed by atoms with Crippen LogP contribution >= 0.6 is 11.6 Å². The summed E-state index contributed by atoms with van der Waals surface area (Å²) in [5.74, 6) is -0.0701. The molecule has 0 bridgehead atoms. The number of nitrogens with one attached hydrogen (secondary N) is 1. The summed E-state index contributed by atoms with van der Waals surface area (Å²) in [7, 11) is -3.55. The van der Waals surface area contributed by atoms with E-state index in [2.05, 4.69) is 21.3 Å². The second kappa shape index (κ2) is 10.3. The third kappa shape index (κ3) is 5.44. The molecule has 2 saturated heterocycles. The molecule has 2 aliphatic heterocycles. The summed E-state index contributed by atoms with van der Waals surface area (Å²) in [6.45, 7) is 4.29. The number of amides is 2. The van der Waals surface area contributed by atoms with Gasteiger partial charge in [0, 0.05) is 54.3 Å². The van der Waals surface area contributed by atoms with Gasteiger partial charge in [0.1, 0.15) is 0 Å². The first-order chi connectivity index (χ1) is 17.3. The number of aromatic nitrogens is 1.